The number of hydrogen-bond acceptors (Lipinski definition) is 8. The van der Waals surface area contributed by atoms with E-state index in [1.54, 1.807) is 31.5 Å². The van der Waals surface area contributed by atoms with Crippen LogP contribution in [-0.4, -0.2) is 46.3 Å². The van der Waals surface area contributed by atoms with Crippen LogP contribution in [-0.2, 0) is 21.3 Å². The molecule has 3 aromatic rings. The summed E-state index contributed by atoms with van der Waals surface area (Å²) in [5.41, 5.74) is 7.51. The van der Waals surface area contributed by atoms with Crippen LogP contribution in [0.4, 0.5) is 11.5 Å². The molecule has 0 spiro atoms. The average molecular weight is 418 g/mol. The van der Waals surface area contributed by atoms with Crippen LogP contribution in [0.1, 0.15) is 30.1 Å². The van der Waals surface area contributed by atoms with E-state index in [0.717, 1.165) is 0 Å². The summed E-state index contributed by atoms with van der Waals surface area (Å²) >= 11 is 0. The molecule has 0 saturated carbocycles. The van der Waals surface area contributed by atoms with Crippen LogP contribution >= 0.6 is 0 Å². The van der Waals surface area contributed by atoms with E-state index >= 15 is 0 Å². The van der Waals surface area contributed by atoms with E-state index in [-0.39, 0.29) is 17.9 Å². The first-order chi connectivity index (χ1) is 13.9. The minimum Gasteiger partial charge on any atom is -0.462 e. The fourth-order valence-electron chi connectivity index (χ4n) is 2.75. The Morgan fingerprint density at radius 1 is 1.28 bits per heavy atom. The molecular formula is C18H22N6O4S. The molecule has 0 bridgehead atoms. The van der Waals surface area contributed by atoms with E-state index in [1.165, 1.54) is 12.4 Å². The lowest BCUT2D eigenvalue weighted by Gasteiger charge is -2.09. The molecule has 0 atom stereocenters. The monoisotopic (exact) mass is 418 g/mol. The Kier molecular flexibility index (Phi) is 6.27. The number of aromatic nitrogens is 4. The normalized spacial score (nSPS) is 11.5. The number of nitrogen functional groups attached to an aromatic ring is 1. The molecule has 11 heteroatoms. The number of benzene rings is 1. The number of ether oxygens (including phenoxy) is 1. The van der Waals surface area contributed by atoms with E-state index < -0.39 is 16.0 Å². The Bertz CT molecular complexity index is 1110. The van der Waals surface area contributed by atoms with Gasteiger partial charge in [-0.05, 0) is 31.0 Å². The molecular weight excluding hydrogens is 396 g/mol. The van der Waals surface area contributed by atoms with Gasteiger partial charge in [-0.2, -0.15) is 0 Å². The maximum Gasteiger partial charge on any atom is 0.338 e. The first-order valence-corrected chi connectivity index (χ1v) is 10.7. The highest BCUT2D eigenvalue weighted by molar-refractivity contribution is 7.92. The zero-order chi connectivity index (χ0) is 20.9. The molecule has 0 fully saturated rings. The molecule has 0 aliphatic rings. The highest BCUT2D eigenvalue weighted by Crippen LogP contribution is 2.16. The highest BCUT2D eigenvalue weighted by Gasteiger charge is 2.12. The number of nitrogens with one attached hydrogen (secondary N) is 1. The van der Waals surface area contributed by atoms with Gasteiger partial charge < -0.3 is 15.0 Å². The van der Waals surface area contributed by atoms with Crippen LogP contribution < -0.4 is 10.5 Å². The number of nitrogens with two attached hydrogens (primary N) is 1. The predicted octanol–water partition coefficient (Wildman–Crippen LogP) is 1.81. The zero-order valence-corrected chi connectivity index (χ0v) is 16.7. The fourth-order valence-corrected chi connectivity index (χ4v) is 3.88. The van der Waals surface area contributed by atoms with Crippen molar-refractivity contribution in [2.45, 2.75) is 26.3 Å². The molecule has 0 unspecified atom stereocenters. The molecule has 10 nitrogen and oxygen atoms in total. The van der Waals surface area contributed by atoms with Crippen molar-refractivity contribution >= 4 is 38.7 Å². The minimum atomic E-state index is -3.42. The van der Waals surface area contributed by atoms with E-state index in [0.29, 0.717) is 42.1 Å². The second-order valence-corrected chi connectivity index (χ2v) is 8.20. The summed E-state index contributed by atoms with van der Waals surface area (Å²) in [7, 11) is -3.42. The molecule has 29 heavy (non-hydrogen) atoms. The van der Waals surface area contributed by atoms with Crippen molar-refractivity contribution in [3.63, 3.8) is 0 Å². The molecule has 0 radical (unpaired) electrons. The third-order valence-electron chi connectivity index (χ3n) is 4.05. The summed E-state index contributed by atoms with van der Waals surface area (Å²) in [6.07, 6.45) is 4.03. The summed E-state index contributed by atoms with van der Waals surface area (Å²) in [6, 6.07) is 6.21. The minimum absolute atomic E-state index is 0.0151. The summed E-state index contributed by atoms with van der Waals surface area (Å²) in [5, 5.41) is 0. The van der Waals surface area contributed by atoms with Gasteiger partial charge in [-0.25, -0.2) is 28.2 Å². The first-order valence-electron chi connectivity index (χ1n) is 9.08. The van der Waals surface area contributed by atoms with Gasteiger partial charge in [0.15, 0.2) is 11.5 Å². The molecule has 154 valence electrons. The third kappa shape index (κ3) is 5.19. The van der Waals surface area contributed by atoms with Crippen molar-refractivity contribution in [2.75, 3.05) is 22.8 Å². The van der Waals surface area contributed by atoms with Crippen LogP contribution in [0.25, 0.3) is 11.2 Å². The quantitative estimate of drug-likeness (QED) is 0.396. The second kappa shape index (κ2) is 8.86. The molecule has 3 N–H and O–H groups in total. The zero-order valence-electron chi connectivity index (χ0n) is 15.9. The predicted molar refractivity (Wildman–Crippen MR) is 109 cm³/mol. The number of anilines is 2. The van der Waals surface area contributed by atoms with E-state index in [4.69, 9.17) is 10.5 Å². The number of sulfonamides is 1. The Morgan fingerprint density at radius 3 is 2.90 bits per heavy atom. The lowest BCUT2D eigenvalue weighted by molar-refractivity contribution is 0.0496. The molecule has 0 amide bonds. The lowest BCUT2D eigenvalue weighted by atomic mass is 10.2. The van der Waals surface area contributed by atoms with Crippen molar-refractivity contribution in [1.29, 1.82) is 0 Å². The highest BCUT2D eigenvalue weighted by atomic mass is 32.2. The Labute approximate surface area is 168 Å². The summed E-state index contributed by atoms with van der Waals surface area (Å²) in [5.74, 6) is -0.195. The van der Waals surface area contributed by atoms with Crippen LogP contribution in [0, 0.1) is 0 Å². The van der Waals surface area contributed by atoms with Crippen LogP contribution in [0.2, 0.25) is 0 Å². The Morgan fingerprint density at radius 2 is 2.10 bits per heavy atom. The number of fused-ring (bicyclic) bond motifs is 1. The van der Waals surface area contributed by atoms with Gasteiger partial charge in [-0.3, -0.25) is 4.72 Å². The molecule has 2 heterocycles. The number of aryl methyl sites for hydroxylation is 1. The number of carbonyl (C=O) groups excluding carboxylic acids is 1. The van der Waals surface area contributed by atoms with Crippen LogP contribution in [0.5, 0.6) is 0 Å². The molecule has 0 aliphatic carbocycles. The maximum atomic E-state index is 12.3. The van der Waals surface area contributed by atoms with Crippen molar-refractivity contribution in [3.8, 4) is 0 Å². The van der Waals surface area contributed by atoms with E-state index in [1.807, 2.05) is 4.57 Å². The van der Waals surface area contributed by atoms with Gasteiger partial charge >= 0.3 is 5.97 Å². The number of imidazole rings is 1. The van der Waals surface area contributed by atoms with Gasteiger partial charge in [0.05, 0.1) is 24.3 Å². The molecule has 1 aromatic carbocycles. The van der Waals surface area contributed by atoms with Crippen LogP contribution in [0.15, 0.2) is 36.9 Å². The first kappa shape index (κ1) is 20.5. The summed E-state index contributed by atoms with van der Waals surface area (Å²) < 4.78 is 33.3. The van der Waals surface area contributed by atoms with Crippen LogP contribution in [0.3, 0.4) is 0 Å². The molecule has 0 saturated heterocycles. The summed E-state index contributed by atoms with van der Waals surface area (Å²) in [6.45, 7) is 2.50. The average Bonchev–Trinajstić information content (AvgIpc) is 3.09. The SMILES string of the molecule is CCCS(=O)(=O)Nc1cccc(C(=O)OCCCn2cnc3c(N)ncnc32)c1. The summed E-state index contributed by atoms with van der Waals surface area (Å²) in [4.78, 5) is 24.5. The third-order valence-corrected chi connectivity index (χ3v) is 5.54. The lowest BCUT2D eigenvalue weighted by Crippen LogP contribution is -2.16. The molecule has 2 aromatic heterocycles. The second-order valence-electron chi connectivity index (χ2n) is 6.36. The number of esters is 1. The van der Waals surface area contributed by atoms with Crippen molar-refractivity contribution in [3.05, 3.63) is 42.5 Å². The van der Waals surface area contributed by atoms with Gasteiger partial charge in [-0.15, -0.1) is 0 Å². The van der Waals surface area contributed by atoms with Gasteiger partial charge in [0.2, 0.25) is 10.0 Å². The van der Waals surface area contributed by atoms with Crippen molar-refractivity contribution in [2.24, 2.45) is 0 Å². The van der Waals surface area contributed by atoms with Gasteiger partial charge in [0, 0.05) is 12.2 Å². The number of nitrogens with zero attached hydrogens (tertiary/aromatic N) is 4. The van der Waals surface area contributed by atoms with E-state index in [9.17, 15) is 13.2 Å². The van der Waals surface area contributed by atoms with Gasteiger partial charge in [0.1, 0.15) is 11.8 Å². The number of rotatable bonds is 9. The smallest absolute Gasteiger partial charge is 0.338 e. The standard InChI is InChI=1S/C18H22N6O4S/c1-2-9-29(26,27)23-14-6-3-5-13(10-14)18(25)28-8-4-7-24-12-22-15-16(19)20-11-21-17(15)24/h3,5-6,10-12,23H,2,4,7-9H2,1H3,(H2,19,20,21). The number of carbonyl (C=O) groups is 1. The van der Waals surface area contributed by atoms with Crippen molar-refractivity contribution < 1.29 is 17.9 Å². The topological polar surface area (TPSA) is 142 Å². The Balaban J connectivity index is 1.54. The number of hydrogen-bond donors (Lipinski definition) is 2. The largest absolute Gasteiger partial charge is 0.462 e. The Hall–Kier alpha value is -3.21. The van der Waals surface area contributed by atoms with Crippen molar-refractivity contribution in [1.82, 2.24) is 19.5 Å². The fraction of sp³-hybridized carbons (Fsp3) is 0.333. The van der Waals surface area contributed by atoms with E-state index in [2.05, 4.69) is 19.7 Å². The maximum absolute atomic E-state index is 12.3. The van der Waals surface area contributed by atoms with Gasteiger partial charge in [-0.1, -0.05) is 13.0 Å². The van der Waals surface area contributed by atoms with Gasteiger partial charge in [0.25, 0.3) is 0 Å². The molecule has 0 aliphatic heterocycles. The molecule has 3 rings (SSSR count).